The van der Waals surface area contributed by atoms with E-state index in [0.717, 1.165) is 33.8 Å². The molecule has 1 saturated heterocycles. The minimum absolute atomic E-state index is 0.0921. The number of rotatable bonds is 4. The first-order valence-electron chi connectivity index (χ1n) is 12.3. The summed E-state index contributed by atoms with van der Waals surface area (Å²) in [7, 11) is 1.33. The highest BCUT2D eigenvalue weighted by Gasteiger charge is 2.40. The average Bonchev–Trinajstić information content (AvgIpc) is 3.55. The van der Waals surface area contributed by atoms with Crippen LogP contribution in [0.2, 0.25) is 0 Å². The van der Waals surface area contributed by atoms with Crippen molar-refractivity contribution in [2.75, 3.05) is 13.7 Å². The third-order valence-electron chi connectivity index (χ3n) is 6.59. The van der Waals surface area contributed by atoms with Crippen LogP contribution in [0, 0.1) is 0 Å². The number of benzene rings is 1. The lowest BCUT2D eigenvalue weighted by Gasteiger charge is -2.38. The predicted molar refractivity (Wildman–Crippen MR) is 136 cm³/mol. The van der Waals surface area contributed by atoms with Crippen LogP contribution in [0.1, 0.15) is 61.9 Å². The molecule has 0 N–H and O–H groups in total. The molecule has 3 aromatic rings. The van der Waals surface area contributed by atoms with Gasteiger partial charge in [-0.25, -0.2) is 14.3 Å². The summed E-state index contributed by atoms with van der Waals surface area (Å²) >= 11 is 0. The number of carbonyl (C=O) groups is 2. The molecule has 2 atom stereocenters. The number of likely N-dealkylation sites (tertiary alicyclic amines) is 1. The molecule has 4 heterocycles. The van der Waals surface area contributed by atoms with Gasteiger partial charge in [0.05, 0.1) is 36.9 Å². The van der Waals surface area contributed by atoms with E-state index in [1.54, 1.807) is 37.8 Å². The van der Waals surface area contributed by atoms with E-state index in [0.29, 0.717) is 19.4 Å². The second kappa shape index (κ2) is 9.76. The van der Waals surface area contributed by atoms with Crippen LogP contribution in [0.5, 0.6) is 0 Å². The lowest BCUT2D eigenvalue weighted by atomic mass is 9.91. The molecule has 2 aliphatic rings. The highest BCUT2D eigenvalue weighted by molar-refractivity contribution is 6.15. The molecule has 2 aliphatic heterocycles. The van der Waals surface area contributed by atoms with E-state index in [1.165, 1.54) is 12.0 Å². The van der Waals surface area contributed by atoms with Crippen molar-refractivity contribution < 1.29 is 19.1 Å². The molecule has 0 radical (unpaired) electrons. The molecule has 0 aliphatic carbocycles. The van der Waals surface area contributed by atoms with Crippen LogP contribution >= 0.6 is 0 Å². The Balaban J connectivity index is 1.37. The number of nitrogens with zero attached hydrogens (tertiary/aromatic N) is 6. The Morgan fingerprint density at radius 1 is 1.08 bits per heavy atom. The zero-order chi connectivity index (χ0) is 26.2. The summed E-state index contributed by atoms with van der Waals surface area (Å²) < 4.78 is 12.3. The number of carbonyl (C=O) groups excluding carboxylic acids is 2. The van der Waals surface area contributed by atoms with Gasteiger partial charge in [-0.05, 0) is 63.4 Å². The van der Waals surface area contributed by atoms with E-state index in [1.807, 2.05) is 24.4 Å². The summed E-state index contributed by atoms with van der Waals surface area (Å²) in [4.78, 5) is 35.6. The molecule has 37 heavy (non-hydrogen) atoms. The average molecular weight is 503 g/mol. The molecule has 1 aromatic carbocycles. The Kier molecular flexibility index (Phi) is 6.49. The Morgan fingerprint density at radius 2 is 1.86 bits per heavy atom. The minimum Gasteiger partial charge on any atom is -0.467 e. The van der Waals surface area contributed by atoms with Gasteiger partial charge in [-0.3, -0.25) is 14.9 Å². The summed E-state index contributed by atoms with van der Waals surface area (Å²) in [6.45, 7) is 6.32. The van der Waals surface area contributed by atoms with E-state index < -0.39 is 23.7 Å². The first-order valence-corrected chi connectivity index (χ1v) is 12.3. The third kappa shape index (κ3) is 5.09. The van der Waals surface area contributed by atoms with Crippen molar-refractivity contribution in [2.45, 2.75) is 57.7 Å². The van der Waals surface area contributed by atoms with Gasteiger partial charge < -0.3 is 9.47 Å². The van der Waals surface area contributed by atoms with E-state index in [2.05, 4.69) is 27.4 Å². The quantitative estimate of drug-likeness (QED) is 0.501. The second-order valence-corrected chi connectivity index (χ2v) is 10.3. The molecule has 10 heteroatoms. The van der Waals surface area contributed by atoms with Crippen LogP contribution in [0.3, 0.4) is 0 Å². The van der Waals surface area contributed by atoms with Gasteiger partial charge in [0, 0.05) is 36.0 Å². The number of hydrogen-bond donors (Lipinski definition) is 0. The van der Waals surface area contributed by atoms with E-state index in [4.69, 9.17) is 14.5 Å². The van der Waals surface area contributed by atoms with E-state index in [9.17, 15) is 9.59 Å². The van der Waals surface area contributed by atoms with Gasteiger partial charge in [0.25, 0.3) is 0 Å². The smallest absolute Gasteiger partial charge is 0.411 e. The highest BCUT2D eigenvalue weighted by atomic mass is 16.6. The molecule has 0 spiro atoms. The molecule has 10 nitrogen and oxygen atoms in total. The number of hydrogen-bond acceptors (Lipinski definition) is 8. The minimum atomic E-state index is -0.686. The van der Waals surface area contributed by atoms with Gasteiger partial charge >= 0.3 is 12.1 Å². The highest BCUT2D eigenvalue weighted by Crippen LogP contribution is 2.32. The fraction of sp³-hybridized carbons (Fsp3) is 0.407. The van der Waals surface area contributed by atoms with Crippen molar-refractivity contribution in [2.24, 2.45) is 4.99 Å². The maximum Gasteiger partial charge on any atom is 0.411 e. The maximum absolute atomic E-state index is 12.9. The standard InChI is InChI=1S/C27H30N6O4/c1-27(2,3)37-26(35)32-15-19(6-8-23(32)25(34)36-4)22-16-33(31-30-22)20-7-5-18-14-29-24(21(18)13-20)17-9-11-28-12-10-17/h5,7,9-13,16,19,23H,6,8,14-15H2,1-4H3/t19-,23+/m1/s1. The topological polar surface area (TPSA) is 112 Å². The molecular formula is C27H30N6O4. The molecule has 1 fully saturated rings. The van der Waals surface area contributed by atoms with Crippen LogP contribution in [0.25, 0.3) is 5.69 Å². The molecule has 0 unspecified atom stereocenters. The molecule has 1 amide bonds. The number of fused-ring (bicyclic) bond motifs is 1. The molecule has 0 saturated carbocycles. The number of aliphatic imine (C=N–C) groups is 1. The summed E-state index contributed by atoms with van der Waals surface area (Å²) in [6, 6.07) is 9.36. The van der Waals surface area contributed by atoms with Gasteiger partial charge in [0.15, 0.2) is 0 Å². The fourth-order valence-electron chi connectivity index (χ4n) is 4.78. The van der Waals surface area contributed by atoms with Crippen molar-refractivity contribution >= 4 is 17.8 Å². The number of ether oxygens (including phenoxy) is 2. The largest absolute Gasteiger partial charge is 0.467 e. The zero-order valence-electron chi connectivity index (χ0n) is 21.4. The molecule has 2 aromatic heterocycles. The van der Waals surface area contributed by atoms with Crippen molar-refractivity contribution in [3.8, 4) is 5.69 Å². The SMILES string of the molecule is COC(=O)[C@@H]1CC[C@@H](c2cn(-c3ccc4c(c3)C(c3ccncc3)=NC4)nn2)CN1C(=O)OC(C)(C)C. The molecule has 0 bridgehead atoms. The molecule has 192 valence electrons. The van der Waals surface area contributed by atoms with Crippen LogP contribution in [-0.4, -0.2) is 67.9 Å². The van der Waals surface area contributed by atoms with Crippen LogP contribution < -0.4 is 0 Å². The number of amides is 1. The number of piperidine rings is 1. The first kappa shape index (κ1) is 24.6. The van der Waals surface area contributed by atoms with Crippen molar-refractivity contribution in [1.82, 2.24) is 24.9 Å². The monoisotopic (exact) mass is 502 g/mol. The summed E-state index contributed by atoms with van der Waals surface area (Å²) in [5.41, 5.74) is 5.12. The van der Waals surface area contributed by atoms with Gasteiger partial charge in [-0.2, -0.15) is 0 Å². The van der Waals surface area contributed by atoms with Gasteiger partial charge in [0.1, 0.15) is 11.6 Å². The number of pyridine rings is 1. The van der Waals surface area contributed by atoms with Crippen LogP contribution in [-0.2, 0) is 20.8 Å². The van der Waals surface area contributed by atoms with Crippen molar-refractivity contribution in [3.63, 3.8) is 0 Å². The number of aromatic nitrogens is 4. The van der Waals surface area contributed by atoms with Crippen LogP contribution in [0.4, 0.5) is 4.79 Å². The van der Waals surface area contributed by atoms with Crippen molar-refractivity contribution in [1.29, 1.82) is 0 Å². The summed E-state index contributed by atoms with van der Waals surface area (Å²) in [5, 5.41) is 8.80. The maximum atomic E-state index is 12.9. The zero-order valence-corrected chi connectivity index (χ0v) is 21.4. The number of methoxy groups -OCH3 is 1. The predicted octanol–water partition coefficient (Wildman–Crippen LogP) is 3.67. The Hall–Kier alpha value is -4.08. The lowest BCUT2D eigenvalue weighted by Crippen LogP contribution is -2.52. The second-order valence-electron chi connectivity index (χ2n) is 10.3. The summed E-state index contributed by atoms with van der Waals surface area (Å²) in [5.74, 6) is -0.539. The van der Waals surface area contributed by atoms with Gasteiger partial charge in [-0.1, -0.05) is 11.3 Å². The summed E-state index contributed by atoms with van der Waals surface area (Å²) in [6.07, 6.45) is 5.99. The van der Waals surface area contributed by atoms with Crippen molar-refractivity contribution in [3.05, 3.63) is 71.3 Å². The third-order valence-corrected chi connectivity index (χ3v) is 6.59. The number of esters is 1. The molecule has 5 rings (SSSR count). The van der Waals surface area contributed by atoms with E-state index >= 15 is 0 Å². The van der Waals surface area contributed by atoms with E-state index in [-0.39, 0.29) is 12.5 Å². The first-order chi connectivity index (χ1) is 17.7. The Labute approximate surface area is 215 Å². The fourth-order valence-corrected chi connectivity index (χ4v) is 4.78. The normalized spacial score (nSPS) is 19.2. The van der Waals surface area contributed by atoms with Crippen LogP contribution in [0.15, 0.2) is 53.9 Å². The van der Waals surface area contributed by atoms with Gasteiger partial charge in [-0.15, -0.1) is 5.10 Å². The Bertz CT molecular complexity index is 1340. The van der Waals surface area contributed by atoms with Gasteiger partial charge in [0.2, 0.25) is 0 Å². The lowest BCUT2D eigenvalue weighted by molar-refractivity contribution is -0.148. The molecular weight excluding hydrogens is 472 g/mol. The Morgan fingerprint density at radius 3 is 2.59 bits per heavy atom.